The Hall–Kier alpha value is -1.46. The number of nitrogens with zero attached hydrogens (tertiary/aromatic N) is 2. The predicted octanol–water partition coefficient (Wildman–Crippen LogP) is 3.55. The van der Waals surface area contributed by atoms with E-state index in [4.69, 9.17) is 11.6 Å². The van der Waals surface area contributed by atoms with Crippen molar-refractivity contribution in [1.29, 1.82) is 0 Å². The SMILES string of the molecule is CCNC(Cc1c(Cl)c(C)nn1C)c1cc(F)cc(F)c1. The zero-order valence-corrected chi connectivity index (χ0v) is 13.0. The molecular formula is C15H18ClF2N3. The van der Waals surface area contributed by atoms with Crippen molar-refractivity contribution in [2.24, 2.45) is 7.05 Å². The highest BCUT2D eigenvalue weighted by Gasteiger charge is 2.19. The molecule has 6 heteroatoms. The van der Waals surface area contributed by atoms with Gasteiger partial charge in [0.15, 0.2) is 0 Å². The molecule has 0 spiro atoms. The van der Waals surface area contributed by atoms with Crippen LogP contribution in [0.2, 0.25) is 5.02 Å². The molecule has 0 saturated carbocycles. The summed E-state index contributed by atoms with van der Waals surface area (Å²) in [6.45, 7) is 4.45. The van der Waals surface area contributed by atoms with E-state index in [1.54, 1.807) is 4.68 Å². The van der Waals surface area contributed by atoms with E-state index in [2.05, 4.69) is 10.4 Å². The van der Waals surface area contributed by atoms with Gasteiger partial charge in [-0.2, -0.15) is 5.10 Å². The summed E-state index contributed by atoms with van der Waals surface area (Å²) in [4.78, 5) is 0. The van der Waals surface area contributed by atoms with Crippen LogP contribution in [0.15, 0.2) is 18.2 Å². The first-order valence-corrected chi connectivity index (χ1v) is 7.17. The van der Waals surface area contributed by atoms with Gasteiger partial charge in [0.05, 0.1) is 16.4 Å². The lowest BCUT2D eigenvalue weighted by molar-refractivity contribution is 0.515. The van der Waals surface area contributed by atoms with E-state index in [0.717, 1.165) is 17.5 Å². The van der Waals surface area contributed by atoms with Gasteiger partial charge in [-0.05, 0) is 31.2 Å². The Bertz CT molecular complexity index is 620. The molecule has 0 bridgehead atoms. The third-order valence-corrected chi connectivity index (χ3v) is 3.89. The Labute approximate surface area is 127 Å². The fraction of sp³-hybridized carbons (Fsp3) is 0.400. The van der Waals surface area contributed by atoms with Crippen LogP contribution < -0.4 is 5.32 Å². The number of halogens is 3. The fourth-order valence-corrected chi connectivity index (χ4v) is 2.66. The van der Waals surface area contributed by atoms with E-state index >= 15 is 0 Å². The number of aromatic nitrogens is 2. The molecule has 1 unspecified atom stereocenters. The summed E-state index contributed by atoms with van der Waals surface area (Å²) < 4.78 is 28.5. The maximum atomic E-state index is 13.4. The summed E-state index contributed by atoms with van der Waals surface area (Å²) in [7, 11) is 1.81. The zero-order chi connectivity index (χ0) is 15.6. The van der Waals surface area contributed by atoms with Gasteiger partial charge in [-0.3, -0.25) is 4.68 Å². The number of benzene rings is 1. The van der Waals surface area contributed by atoms with Gasteiger partial charge in [-0.15, -0.1) is 0 Å². The van der Waals surface area contributed by atoms with Crippen molar-refractivity contribution in [3.05, 3.63) is 51.8 Å². The van der Waals surface area contributed by atoms with Crippen LogP contribution in [0.25, 0.3) is 0 Å². The maximum absolute atomic E-state index is 13.4. The Balaban J connectivity index is 2.35. The predicted molar refractivity (Wildman–Crippen MR) is 79.4 cm³/mol. The first-order valence-electron chi connectivity index (χ1n) is 6.79. The molecule has 0 aliphatic rings. The normalized spacial score (nSPS) is 12.7. The van der Waals surface area contributed by atoms with E-state index in [1.165, 1.54) is 12.1 Å². The van der Waals surface area contributed by atoms with Gasteiger partial charge in [0.2, 0.25) is 0 Å². The molecule has 0 saturated heterocycles. The van der Waals surface area contributed by atoms with Crippen LogP contribution >= 0.6 is 11.6 Å². The highest BCUT2D eigenvalue weighted by molar-refractivity contribution is 6.31. The van der Waals surface area contributed by atoms with E-state index in [9.17, 15) is 8.78 Å². The molecule has 1 aromatic carbocycles. The number of hydrogen-bond acceptors (Lipinski definition) is 2. The standard InChI is InChI=1S/C15H18ClF2N3/c1-4-19-13(10-5-11(17)7-12(18)6-10)8-14-15(16)9(2)20-21(14)3/h5-7,13,19H,4,8H2,1-3H3. The largest absolute Gasteiger partial charge is 0.310 e. The molecule has 21 heavy (non-hydrogen) atoms. The second-order valence-corrected chi connectivity index (χ2v) is 5.36. The van der Waals surface area contributed by atoms with Crippen molar-refractivity contribution in [3.8, 4) is 0 Å². The first-order chi connectivity index (χ1) is 9.92. The lowest BCUT2D eigenvalue weighted by Gasteiger charge is -2.19. The number of rotatable bonds is 5. The summed E-state index contributed by atoms with van der Waals surface area (Å²) in [5.41, 5.74) is 2.14. The van der Waals surface area contributed by atoms with Crippen molar-refractivity contribution in [1.82, 2.24) is 15.1 Å². The number of nitrogens with one attached hydrogen (secondary N) is 1. The molecule has 1 atom stereocenters. The second-order valence-electron chi connectivity index (χ2n) is 4.99. The lowest BCUT2D eigenvalue weighted by atomic mass is 10.0. The summed E-state index contributed by atoms with van der Waals surface area (Å²) in [5.74, 6) is -1.17. The minimum absolute atomic E-state index is 0.229. The van der Waals surface area contributed by atoms with Gasteiger partial charge in [0, 0.05) is 25.6 Å². The Morgan fingerprint density at radius 3 is 2.38 bits per heavy atom. The van der Waals surface area contributed by atoms with Crippen LogP contribution in [0.3, 0.4) is 0 Å². The minimum Gasteiger partial charge on any atom is -0.310 e. The van der Waals surface area contributed by atoms with Crippen molar-refractivity contribution >= 4 is 11.6 Å². The highest BCUT2D eigenvalue weighted by atomic mass is 35.5. The second kappa shape index (κ2) is 6.54. The molecule has 0 aliphatic heterocycles. The summed E-state index contributed by atoms with van der Waals surface area (Å²) in [5, 5.41) is 8.09. The van der Waals surface area contributed by atoms with Crippen molar-refractivity contribution in [2.75, 3.05) is 6.54 Å². The molecule has 0 amide bonds. The van der Waals surface area contributed by atoms with Gasteiger partial charge < -0.3 is 5.32 Å². The van der Waals surface area contributed by atoms with E-state index in [0.29, 0.717) is 23.6 Å². The third kappa shape index (κ3) is 3.60. The average molecular weight is 314 g/mol. The summed E-state index contributed by atoms with van der Waals surface area (Å²) in [6, 6.07) is 3.32. The molecule has 2 aromatic rings. The number of likely N-dealkylation sites (N-methyl/N-ethyl adjacent to an activating group) is 1. The fourth-order valence-electron chi connectivity index (χ4n) is 2.43. The van der Waals surface area contributed by atoms with Crippen LogP contribution in [-0.2, 0) is 13.5 Å². The van der Waals surface area contributed by atoms with Gasteiger partial charge in [0.25, 0.3) is 0 Å². The Kier molecular flexibility index (Phi) is 4.96. The van der Waals surface area contributed by atoms with E-state index < -0.39 is 11.6 Å². The van der Waals surface area contributed by atoms with Gasteiger partial charge in [-0.25, -0.2) is 8.78 Å². The molecule has 1 N–H and O–H groups in total. The zero-order valence-electron chi connectivity index (χ0n) is 12.3. The van der Waals surface area contributed by atoms with Crippen LogP contribution in [0.1, 0.15) is 29.9 Å². The number of hydrogen-bond donors (Lipinski definition) is 1. The molecule has 0 fully saturated rings. The average Bonchev–Trinajstić information content (AvgIpc) is 2.63. The summed E-state index contributed by atoms with van der Waals surface area (Å²) in [6.07, 6.45) is 0.507. The number of aryl methyl sites for hydroxylation is 2. The molecule has 0 aliphatic carbocycles. The van der Waals surface area contributed by atoms with Gasteiger partial charge >= 0.3 is 0 Å². The molecule has 2 rings (SSSR count). The molecule has 1 aromatic heterocycles. The van der Waals surface area contributed by atoms with Crippen molar-refractivity contribution in [3.63, 3.8) is 0 Å². The Morgan fingerprint density at radius 2 is 1.90 bits per heavy atom. The first kappa shape index (κ1) is 15.9. The van der Waals surface area contributed by atoms with Crippen LogP contribution in [0.4, 0.5) is 8.78 Å². The maximum Gasteiger partial charge on any atom is 0.126 e. The molecule has 1 heterocycles. The van der Waals surface area contributed by atoms with Crippen molar-refractivity contribution < 1.29 is 8.78 Å². The van der Waals surface area contributed by atoms with Gasteiger partial charge in [0.1, 0.15) is 11.6 Å². The summed E-state index contributed by atoms with van der Waals surface area (Å²) >= 11 is 6.25. The van der Waals surface area contributed by atoms with Crippen LogP contribution in [-0.4, -0.2) is 16.3 Å². The quantitative estimate of drug-likeness (QED) is 0.915. The van der Waals surface area contributed by atoms with Gasteiger partial charge in [-0.1, -0.05) is 18.5 Å². The van der Waals surface area contributed by atoms with Crippen molar-refractivity contribution in [2.45, 2.75) is 26.3 Å². The van der Waals surface area contributed by atoms with E-state index in [1.807, 2.05) is 20.9 Å². The molecular weight excluding hydrogens is 296 g/mol. The molecule has 3 nitrogen and oxygen atoms in total. The minimum atomic E-state index is -0.583. The van der Waals surface area contributed by atoms with E-state index in [-0.39, 0.29) is 6.04 Å². The van der Waals surface area contributed by atoms with Crippen LogP contribution in [0, 0.1) is 18.6 Å². The monoisotopic (exact) mass is 313 g/mol. The highest BCUT2D eigenvalue weighted by Crippen LogP contribution is 2.26. The molecule has 114 valence electrons. The lowest BCUT2D eigenvalue weighted by Crippen LogP contribution is -2.24. The smallest absolute Gasteiger partial charge is 0.126 e. The Morgan fingerprint density at radius 1 is 1.29 bits per heavy atom. The third-order valence-electron chi connectivity index (χ3n) is 3.40. The molecule has 0 radical (unpaired) electrons. The topological polar surface area (TPSA) is 29.9 Å². The van der Waals surface area contributed by atoms with Crippen LogP contribution in [0.5, 0.6) is 0 Å².